The number of hydrogen-bond acceptors (Lipinski definition) is 1. The van der Waals surface area contributed by atoms with E-state index in [0.717, 1.165) is 11.4 Å². The Hall–Kier alpha value is -2.80. The molecule has 0 spiro atoms. The van der Waals surface area contributed by atoms with Crippen LogP contribution in [0, 0.1) is 13.8 Å². The van der Waals surface area contributed by atoms with E-state index in [4.69, 9.17) is 0 Å². The van der Waals surface area contributed by atoms with Gasteiger partial charge in [-0.25, -0.2) is 0 Å². The average Bonchev–Trinajstić information content (AvgIpc) is 2.54. The first-order valence-corrected chi connectivity index (χ1v) is 7.87. The Morgan fingerprint density at radius 1 is 0.609 bits per heavy atom. The summed E-state index contributed by atoms with van der Waals surface area (Å²) in [7, 11) is 0. The summed E-state index contributed by atoms with van der Waals surface area (Å²) in [6, 6.07) is 25.3. The third-order valence-corrected chi connectivity index (χ3v) is 3.69. The lowest BCUT2D eigenvalue weighted by molar-refractivity contribution is 1.37. The lowest BCUT2D eigenvalue weighted by Gasteiger charge is -2.06. The second-order valence-electron chi connectivity index (χ2n) is 5.87. The fourth-order valence-electron chi connectivity index (χ4n) is 2.66. The van der Waals surface area contributed by atoms with Gasteiger partial charge in [-0.15, -0.1) is 0 Å². The normalized spacial score (nSPS) is 10.9. The summed E-state index contributed by atoms with van der Waals surface area (Å²) in [6.07, 6.45) is 4.32. The molecule has 0 radical (unpaired) electrons. The second kappa shape index (κ2) is 6.97. The molecule has 3 aromatic rings. The zero-order valence-corrected chi connectivity index (χ0v) is 13.6. The van der Waals surface area contributed by atoms with E-state index in [1.54, 1.807) is 0 Å². The largest absolute Gasteiger partial charge is 0.356 e. The van der Waals surface area contributed by atoms with Gasteiger partial charge >= 0.3 is 0 Å². The summed E-state index contributed by atoms with van der Waals surface area (Å²) < 4.78 is 0. The first kappa shape index (κ1) is 15.1. The maximum absolute atomic E-state index is 3.40. The van der Waals surface area contributed by atoms with E-state index in [-0.39, 0.29) is 0 Å². The summed E-state index contributed by atoms with van der Waals surface area (Å²) in [5, 5.41) is 3.40. The fraction of sp³-hybridized carbons (Fsp3) is 0.0909. The molecule has 0 unspecified atom stereocenters. The van der Waals surface area contributed by atoms with Crippen LogP contribution >= 0.6 is 0 Å². The molecule has 0 amide bonds. The van der Waals surface area contributed by atoms with Gasteiger partial charge in [-0.1, -0.05) is 71.8 Å². The number of hydrogen-bond donors (Lipinski definition) is 1. The first-order chi connectivity index (χ1) is 11.2. The first-order valence-electron chi connectivity index (χ1n) is 7.87. The van der Waals surface area contributed by atoms with E-state index in [1.165, 1.54) is 22.3 Å². The van der Waals surface area contributed by atoms with Crippen molar-refractivity contribution in [1.29, 1.82) is 0 Å². The highest BCUT2D eigenvalue weighted by Crippen LogP contribution is 2.18. The molecule has 114 valence electrons. The molecule has 3 rings (SSSR count). The molecule has 1 heteroatoms. The lowest BCUT2D eigenvalue weighted by atomic mass is 10.1. The third-order valence-electron chi connectivity index (χ3n) is 3.69. The number of aryl methyl sites for hydroxylation is 2. The molecule has 1 N–H and O–H groups in total. The molecule has 0 fully saturated rings. The van der Waals surface area contributed by atoms with Crippen molar-refractivity contribution in [3.05, 3.63) is 95.1 Å². The molecule has 0 heterocycles. The highest BCUT2D eigenvalue weighted by molar-refractivity contribution is 5.71. The number of anilines is 2. The predicted octanol–water partition coefficient (Wildman–Crippen LogP) is 6.22. The van der Waals surface area contributed by atoms with E-state index >= 15 is 0 Å². The molecule has 0 aliphatic rings. The molecular formula is C22H21N. The fourth-order valence-corrected chi connectivity index (χ4v) is 2.66. The predicted molar refractivity (Wildman–Crippen MR) is 101 cm³/mol. The lowest BCUT2D eigenvalue weighted by Crippen LogP contribution is -1.89. The van der Waals surface area contributed by atoms with Gasteiger partial charge in [0, 0.05) is 11.4 Å². The molecule has 1 nitrogen and oxygen atoms in total. The minimum Gasteiger partial charge on any atom is -0.356 e. The highest BCUT2D eigenvalue weighted by Gasteiger charge is 1.95. The van der Waals surface area contributed by atoms with Gasteiger partial charge in [0.2, 0.25) is 0 Å². The van der Waals surface area contributed by atoms with Crippen LogP contribution in [0.15, 0.2) is 72.8 Å². The molecule has 0 aliphatic carbocycles. The highest BCUT2D eigenvalue weighted by atomic mass is 14.9. The summed E-state index contributed by atoms with van der Waals surface area (Å²) in [5.74, 6) is 0. The minimum atomic E-state index is 1.10. The van der Waals surface area contributed by atoms with Gasteiger partial charge in [-0.2, -0.15) is 0 Å². The molecule has 0 bridgehead atoms. The van der Waals surface area contributed by atoms with Gasteiger partial charge in [-0.3, -0.25) is 0 Å². The van der Waals surface area contributed by atoms with E-state index in [2.05, 4.69) is 85.9 Å². The van der Waals surface area contributed by atoms with Crippen LogP contribution in [-0.2, 0) is 0 Å². The Kier molecular flexibility index (Phi) is 4.58. The Morgan fingerprint density at radius 2 is 1.17 bits per heavy atom. The topological polar surface area (TPSA) is 12.0 Å². The Balaban J connectivity index is 1.71. The van der Waals surface area contributed by atoms with Crippen molar-refractivity contribution in [2.45, 2.75) is 13.8 Å². The van der Waals surface area contributed by atoms with Gasteiger partial charge in [0.05, 0.1) is 0 Å². The molecular weight excluding hydrogens is 278 g/mol. The van der Waals surface area contributed by atoms with Crippen molar-refractivity contribution in [2.75, 3.05) is 5.32 Å². The van der Waals surface area contributed by atoms with Crippen molar-refractivity contribution in [1.82, 2.24) is 0 Å². The van der Waals surface area contributed by atoms with Crippen LogP contribution in [0.1, 0.15) is 22.3 Å². The van der Waals surface area contributed by atoms with Crippen LogP contribution in [-0.4, -0.2) is 0 Å². The van der Waals surface area contributed by atoms with Gasteiger partial charge in [0.25, 0.3) is 0 Å². The van der Waals surface area contributed by atoms with E-state index in [0.29, 0.717) is 0 Å². The second-order valence-corrected chi connectivity index (χ2v) is 5.87. The van der Waals surface area contributed by atoms with Crippen LogP contribution in [0.25, 0.3) is 12.2 Å². The maximum atomic E-state index is 3.40. The van der Waals surface area contributed by atoms with Crippen LogP contribution < -0.4 is 5.32 Å². The summed E-state index contributed by atoms with van der Waals surface area (Å²) >= 11 is 0. The Morgan fingerprint density at radius 3 is 1.83 bits per heavy atom. The molecule has 3 aromatic carbocycles. The molecule has 0 saturated heterocycles. The SMILES string of the molecule is Cc1cc(C)cc(C=Cc2ccc(Nc3ccccc3)cc2)c1. The van der Waals surface area contributed by atoms with Crippen molar-refractivity contribution in [3.63, 3.8) is 0 Å². The van der Waals surface area contributed by atoms with Crippen molar-refractivity contribution >= 4 is 23.5 Å². The van der Waals surface area contributed by atoms with Gasteiger partial charge in [-0.05, 0) is 49.2 Å². The van der Waals surface area contributed by atoms with Crippen molar-refractivity contribution < 1.29 is 0 Å². The van der Waals surface area contributed by atoms with E-state index in [9.17, 15) is 0 Å². The molecule has 0 aromatic heterocycles. The van der Waals surface area contributed by atoms with Gasteiger partial charge in [0.15, 0.2) is 0 Å². The van der Waals surface area contributed by atoms with Gasteiger partial charge in [0.1, 0.15) is 0 Å². The molecule has 0 atom stereocenters. The standard InChI is InChI=1S/C22H21N/c1-17-14-18(2)16-20(15-17)9-8-19-10-12-22(13-11-19)23-21-6-4-3-5-7-21/h3-16,23H,1-2H3. The third kappa shape index (κ3) is 4.33. The number of nitrogens with one attached hydrogen (secondary N) is 1. The molecule has 0 aliphatic heterocycles. The minimum absolute atomic E-state index is 1.10. The van der Waals surface area contributed by atoms with E-state index in [1.807, 2.05) is 18.2 Å². The Bertz CT molecular complexity index is 779. The average molecular weight is 299 g/mol. The zero-order valence-electron chi connectivity index (χ0n) is 13.6. The van der Waals surface area contributed by atoms with Crippen LogP contribution in [0.3, 0.4) is 0 Å². The molecule has 0 saturated carbocycles. The summed E-state index contributed by atoms with van der Waals surface area (Å²) in [6.45, 7) is 4.27. The number of benzene rings is 3. The smallest absolute Gasteiger partial charge is 0.0384 e. The number of rotatable bonds is 4. The van der Waals surface area contributed by atoms with Crippen molar-refractivity contribution in [2.24, 2.45) is 0 Å². The molecule has 23 heavy (non-hydrogen) atoms. The van der Waals surface area contributed by atoms with Gasteiger partial charge < -0.3 is 5.32 Å². The summed E-state index contributed by atoms with van der Waals surface area (Å²) in [5.41, 5.74) is 7.24. The zero-order chi connectivity index (χ0) is 16.1. The maximum Gasteiger partial charge on any atom is 0.0384 e. The summed E-state index contributed by atoms with van der Waals surface area (Å²) in [4.78, 5) is 0. The van der Waals surface area contributed by atoms with Crippen LogP contribution in [0.5, 0.6) is 0 Å². The van der Waals surface area contributed by atoms with Crippen LogP contribution in [0.2, 0.25) is 0 Å². The van der Waals surface area contributed by atoms with E-state index < -0.39 is 0 Å². The van der Waals surface area contributed by atoms with Crippen molar-refractivity contribution in [3.8, 4) is 0 Å². The Labute approximate surface area is 138 Å². The monoisotopic (exact) mass is 299 g/mol. The number of para-hydroxylation sites is 1. The quantitative estimate of drug-likeness (QED) is 0.564. The van der Waals surface area contributed by atoms with Crippen LogP contribution in [0.4, 0.5) is 11.4 Å².